The first-order valence-electron chi connectivity index (χ1n) is 24.8. The Kier molecular flexibility index (Phi) is 17.1. The summed E-state index contributed by atoms with van der Waals surface area (Å²) in [5.41, 5.74) is 14.4. The number of hydrogen-bond acceptors (Lipinski definition) is 4. The molecule has 0 unspecified atom stereocenters. The molecule has 0 aromatic heterocycles. The molecule has 0 spiro atoms. The summed E-state index contributed by atoms with van der Waals surface area (Å²) in [5, 5.41) is 0. The van der Waals surface area contributed by atoms with Crippen LogP contribution in [0.4, 0.5) is 0 Å². The Labute approximate surface area is 395 Å². The quantitative estimate of drug-likeness (QED) is 0.111. The van der Waals surface area contributed by atoms with Crippen LogP contribution in [0.2, 0.25) is 0 Å². The Balaban J connectivity index is 2.10. The summed E-state index contributed by atoms with van der Waals surface area (Å²) in [6, 6.07) is 19.5. The lowest BCUT2D eigenvalue weighted by molar-refractivity contribution is 0.301. The maximum absolute atomic E-state index is 7.12. The first kappa shape index (κ1) is 51.4. The van der Waals surface area contributed by atoms with Gasteiger partial charge in [0.2, 0.25) is 0 Å². The highest BCUT2D eigenvalue weighted by Gasteiger charge is 2.33. The molecule has 0 saturated heterocycles. The smallest absolute Gasteiger partial charge is 0.126 e. The fourth-order valence-corrected chi connectivity index (χ4v) is 9.04. The van der Waals surface area contributed by atoms with Crippen molar-refractivity contribution in [2.24, 2.45) is 0 Å². The van der Waals surface area contributed by atoms with E-state index in [0.29, 0.717) is 51.6 Å². The van der Waals surface area contributed by atoms with Crippen LogP contribution < -0.4 is 18.9 Å². The summed E-state index contributed by atoms with van der Waals surface area (Å²) in [4.78, 5) is 0. The highest BCUT2D eigenvalue weighted by Crippen LogP contribution is 2.49. The zero-order chi connectivity index (χ0) is 47.2. The number of fused-ring (bicyclic) bond motifs is 8. The van der Waals surface area contributed by atoms with Crippen molar-refractivity contribution in [2.75, 3.05) is 32.3 Å². The predicted octanol–water partition coefficient (Wildman–Crippen LogP) is 16.3. The van der Waals surface area contributed by atoms with Crippen LogP contribution in [-0.4, -0.2) is 32.3 Å². The lowest BCUT2D eigenvalue weighted by atomic mass is 9.76. The van der Waals surface area contributed by atoms with E-state index >= 15 is 0 Å². The SMILES string of the molecule is CCCOc1c2cc(C(C)(C)C)cc1Cc1cc(C(C)(C)C)cc(c1OCCC)C(CCCCl)c1cc(C(C)(C)C)cc(c1OCCC)Cc1cc(C(C)(C)C)cc(c1OCCC)C2. The van der Waals surface area contributed by atoms with E-state index in [1.807, 2.05) is 0 Å². The van der Waals surface area contributed by atoms with E-state index in [9.17, 15) is 0 Å². The van der Waals surface area contributed by atoms with Gasteiger partial charge in [0.15, 0.2) is 0 Å². The summed E-state index contributed by atoms with van der Waals surface area (Å²) in [6.45, 7) is 39.3. The highest BCUT2D eigenvalue weighted by atomic mass is 35.5. The second-order valence-corrected chi connectivity index (χ2v) is 23.0. The first-order chi connectivity index (χ1) is 30.0. The van der Waals surface area contributed by atoms with E-state index in [1.54, 1.807) is 0 Å². The molecule has 0 radical (unpaired) electrons. The molecule has 64 heavy (non-hydrogen) atoms. The third kappa shape index (κ3) is 12.4. The first-order valence-corrected chi connectivity index (χ1v) is 25.3. The molecular weight excluding hydrogens is 808 g/mol. The standard InChI is InChI=1S/C59H85ClO4/c1-17-24-61-52-39-28-40-32-46(57(8,9)10)34-42(53(40)62-25-18-2)30-44-36-48(59(14,15)16)38-51(55(44)64-27-20-4)49(22-21-23-60)50-37-47(58(11,12)13)35-43(54(50)63-26-19-3)29-41(52)33-45(31-39)56(5,6)7/h31-38,49H,17-30H2,1-16H3. The van der Waals surface area contributed by atoms with Gasteiger partial charge in [0.1, 0.15) is 23.0 Å². The molecule has 4 aromatic rings. The van der Waals surface area contributed by atoms with Gasteiger partial charge in [-0.15, -0.1) is 11.6 Å². The fraction of sp³-hybridized carbons (Fsp3) is 0.593. The maximum Gasteiger partial charge on any atom is 0.126 e. The van der Waals surface area contributed by atoms with Gasteiger partial charge < -0.3 is 18.9 Å². The van der Waals surface area contributed by atoms with Crippen LogP contribution in [0.1, 0.15) is 222 Å². The summed E-state index contributed by atoms with van der Waals surface area (Å²) in [5.74, 6) is 4.50. The molecule has 1 aliphatic carbocycles. The van der Waals surface area contributed by atoms with Crippen LogP contribution in [0.3, 0.4) is 0 Å². The van der Waals surface area contributed by atoms with Crippen molar-refractivity contribution >= 4 is 11.6 Å². The normalized spacial score (nSPS) is 13.8. The van der Waals surface area contributed by atoms with Crippen molar-refractivity contribution < 1.29 is 18.9 Å². The van der Waals surface area contributed by atoms with Gasteiger partial charge in [0, 0.05) is 42.2 Å². The van der Waals surface area contributed by atoms with Gasteiger partial charge in [0.05, 0.1) is 26.4 Å². The van der Waals surface area contributed by atoms with E-state index in [0.717, 1.165) is 61.5 Å². The fourth-order valence-electron chi connectivity index (χ4n) is 8.89. The summed E-state index contributed by atoms with van der Waals surface area (Å²) < 4.78 is 28.3. The molecule has 4 aromatic carbocycles. The Morgan fingerprint density at radius 2 is 0.656 bits per heavy atom. The average molecular weight is 894 g/mol. The third-order valence-electron chi connectivity index (χ3n) is 12.7. The van der Waals surface area contributed by atoms with Crippen molar-refractivity contribution in [2.45, 2.75) is 196 Å². The molecule has 0 heterocycles. The number of rotatable bonds is 15. The van der Waals surface area contributed by atoms with Gasteiger partial charge in [-0.25, -0.2) is 0 Å². The van der Waals surface area contributed by atoms with Crippen LogP contribution in [0.25, 0.3) is 0 Å². The molecule has 0 N–H and O–H groups in total. The Morgan fingerprint density at radius 1 is 0.406 bits per heavy atom. The van der Waals surface area contributed by atoms with Crippen LogP contribution >= 0.6 is 11.6 Å². The van der Waals surface area contributed by atoms with Gasteiger partial charge >= 0.3 is 0 Å². The van der Waals surface area contributed by atoms with Crippen LogP contribution in [0.5, 0.6) is 23.0 Å². The molecule has 352 valence electrons. The van der Waals surface area contributed by atoms with Gasteiger partial charge in [-0.3, -0.25) is 0 Å². The molecule has 4 nitrogen and oxygen atoms in total. The van der Waals surface area contributed by atoms with Crippen molar-refractivity contribution in [3.8, 4) is 23.0 Å². The summed E-state index contributed by atoms with van der Waals surface area (Å²) in [7, 11) is 0. The Morgan fingerprint density at radius 3 is 0.906 bits per heavy atom. The summed E-state index contributed by atoms with van der Waals surface area (Å²) in [6.07, 6.45) is 7.40. The predicted molar refractivity (Wildman–Crippen MR) is 274 cm³/mol. The summed E-state index contributed by atoms with van der Waals surface area (Å²) >= 11 is 6.70. The average Bonchev–Trinajstić information content (AvgIpc) is 3.20. The molecule has 0 amide bonds. The van der Waals surface area contributed by atoms with E-state index < -0.39 is 0 Å². The molecule has 1 aliphatic rings. The minimum atomic E-state index is -0.118. The van der Waals surface area contributed by atoms with Crippen molar-refractivity contribution in [1.82, 2.24) is 0 Å². The van der Waals surface area contributed by atoms with Crippen molar-refractivity contribution in [3.05, 3.63) is 115 Å². The zero-order valence-electron chi connectivity index (χ0n) is 43.1. The molecule has 8 bridgehead atoms. The maximum atomic E-state index is 7.12. The molecule has 0 atom stereocenters. The Hall–Kier alpha value is -3.63. The van der Waals surface area contributed by atoms with Gasteiger partial charge in [-0.2, -0.15) is 0 Å². The highest BCUT2D eigenvalue weighted by molar-refractivity contribution is 6.17. The number of ether oxygens (including phenoxy) is 4. The monoisotopic (exact) mass is 893 g/mol. The zero-order valence-corrected chi connectivity index (χ0v) is 43.9. The van der Waals surface area contributed by atoms with Crippen molar-refractivity contribution in [1.29, 1.82) is 0 Å². The van der Waals surface area contributed by atoms with Crippen LogP contribution in [0, 0.1) is 0 Å². The molecule has 5 rings (SSSR count). The van der Waals surface area contributed by atoms with Crippen LogP contribution in [0.15, 0.2) is 48.5 Å². The third-order valence-corrected chi connectivity index (χ3v) is 12.9. The lowest BCUT2D eigenvalue weighted by Crippen LogP contribution is -2.19. The van der Waals surface area contributed by atoms with Gasteiger partial charge in [0.25, 0.3) is 0 Å². The number of halogens is 1. The Bertz CT molecular complexity index is 2030. The topological polar surface area (TPSA) is 36.9 Å². The number of hydrogen-bond donors (Lipinski definition) is 0. The van der Waals surface area contributed by atoms with E-state index in [1.165, 1.54) is 66.8 Å². The molecule has 5 heteroatoms. The largest absolute Gasteiger partial charge is 0.493 e. The molecular formula is C59H85ClO4. The number of alkyl halides is 1. The molecule has 0 saturated carbocycles. The number of benzene rings is 4. The molecule has 0 fully saturated rings. The minimum absolute atomic E-state index is 0.0352. The van der Waals surface area contributed by atoms with E-state index in [2.05, 4.69) is 159 Å². The lowest BCUT2D eigenvalue weighted by Gasteiger charge is -2.32. The minimum Gasteiger partial charge on any atom is -0.493 e. The van der Waals surface area contributed by atoms with Crippen molar-refractivity contribution in [3.63, 3.8) is 0 Å². The van der Waals surface area contributed by atoms with Gasteiger partial charge in [-0.05, 0) is 116 Å². The van der Waals surface area contributed by atoms with Crippen LogP contribution in [-0.2, 0) is 40.9 Å². The van der Waals surface area contributed by atoms with E-state index in [4.69, 9.17) is 30.5 Å². The second kappa shape index (κ2) is 21.3. The van der Waals surface area contributed by atoms with Gasteiger partial charge in [-0.1, -0.05) is 159 Å². The molecule has 0 aliphatic heterocycles. The second-order valence-electron chi connectivity index (χ2n) is 22.7. The van der Waals surface area contributed by atoms with E-state index in [-0.39, 0.29) is 27.6 Å².